The SMILES string of the molecule is CNC(C)(C)CN1CC(C(C)C)NC1=O. The number of nitrogens with zero attached hydrogens (tertiary/aromatic N) is 1. The van der Waals surface area contributed by atoms with Gasteiger partial charge in [-0.25, -0.2) is 4.79 Å². The fourth-order valence-corrected chi connectivity index (χ4v) is 1.69. The maximum atomic E-state index is 11.7. The number of carbonyl (C=O) groups excluding carboxylic acids is 1. The predicted molar refractivity (Wildman–Crippen MR) is 61.9 cm³/mol. The van der Waals surface area contributed by atoms with Crippen LogP contribution in [0.3, 0.4) is 0 Å². The van der Waals surface area contributed by atoms with Crippen LogP contribution in [0.2, 0.25) is 0 Å². The third-order valence-corrected chi connectivity index (χ3v) is 3.08. The first-order chi connectivity index (χ1) is 6.85. The summed E-state index contributed by atoms with van der Waals surface area (Å²) in [6.07, 6.45) is 0. The number of rotatable bonds is 4. The first-order valence-electron chi connectivity index (χ1n) is 5.60. The number of hydrogen-bond donors (Lipinski definition) is 2. The van der Waals surface area contributed by atoms with Crippen LogP contribution in [0.4, 0.5) is 4.79 Å². The second-order valence-corrected chi connectivity index (χ2v) is 5.31. The molecule has 1 rings (SSSR count). The van der Waals surface area contributed by atoms with Crippen LogP contribution in [0, 0.1) is 5.92 Å². The summed E-state index contributed by atoms with van der Waals surface area (Å²) < 4.78 is 0. The van der Waals surface area contributed by atoms with Crippen LogP contribution in [-0.4, -0.2) is 42.6 Å². The molecule has 4 heteroatoms. The van der Waals surface area contributed by atoms with Crippen molar-refractivity contribution in [3.8, 4) is 0 Å². The lowest BCUT2D eigenvalue weighted by atomic mass is 10.0. The van der Waals surface area contributed by atoms with Crippen molar-refractivity contribution in [3.05, 3.63) is 0 Å². The molecule has 0 radical (unpaired) electrons. The van der Waals surface area contributed by atoms with Gasteiger partial charge in [-0.05, 0) is 26.8 Å². The Hall–Kier alpha value is -0.770. The van der Waals surface area contributed by atoms with Gasteiger partial charge in [-0.2, -0.15) is 0 Å². The van der Waals surface area contributed by atoms with Crippen molar-refractivity contribution < 1.29 is 4.79 Å². The molecule has 1 aliphatic rings. The molecule has 0 aromatic rings. The van der Waals surface area contributed by atoms with Gasteiger partial charge in [0.1, 0.15) is 0 Å². The third kappa shape index (κ3) is 3.09. The molecule has 1 heterocycles. The Morgan fingerprint density at radius 2 is 2.20 bits per heavy atom. The van der Waals surface area contributed by atoms with Crippen molar-refractivity contribution in [2.45, 2.75) is 39.3 Å². The van der Waals surface area contributed by atoms with Gasteiger partial charge in [-0.3, -0.25) is 0 Å². The Bertz CT molecular complexity index is 238. The van der Waals surface area contributed by atoms with E-state index in [4.69, 9.17) is 0 Å². The van der Waals surface area contributed by atoms with E-state index in [9.17, 15) is 4.79 Å². The number of likely N-dealkylation sites (N-methyl/N-ethyl adjacent to an activating group) is 1. The highest BCUT2D eigenvalue weighted by molar-refractivity contribution is 5.77. The average Bonchev–Trinajstić information content (AvgIpc) is 2.47. The lowest BCUT2D eigenvalue weighted by molar-refractivity contribution is 0.201. The van der Waals surface area contributed by atoms with Gasteiger partial charge in [0.2, 0.25) is 0 Å². The molecule has 0 aliphatic carbocycles. The average molecular weight is 213 g/mol. The van der Waals surface area contributed by atoms with E-state index in [0.717, 1.165) is 13.1 Å². The van der Waals surface area contributed by atoms with Crippen LogP contribution < -0.4 is 10.6 Å². The van der Waals surface area contributed by atoms with E-state index < -0.39 is 0 Å². The minimum Gasteiger partial charge on any atom is -0.333 e. The summed E-state index contributed by atoms with van der Waals surface area (Å²) in [5.74, 6) is 0.497. The quantitative estimate of drug-likeness (QED) is 0.732. The van der Waals surface area contributed by atoms with Gasteiger partial charge in [-0.15, -0.1) is 0 Å². The molecule has 1 atom stereocenters. The number of nitrogens with one attached hydrogen (secondary N) is 2. The van der Waals surface area contributed by atoms with E-state index in [2.05, 4.69) is 38.3 Å². The summed E-state index contributed by atoms with van der Waals surface area (Å²) in [6.45, 7) is 10.0. The minimum atomic E-state index is -0.0246. The molecular formula is C11H23N3O. The molecule has 15 heavy (non-hydrogen) atoms. The Morgan fingerprint density at radius 1 is 1.60 bits per heavy atom. The van der Waals surface area contributed by atoms with Gasteiger partial charge in [0.15, 0.2) is 0 Å². The van der Waals surface area contributed by atoms with Gasteiger partial charge >= 0.3 is 6.03 Å². The fourth-order valence-electron chi connectivity index (χ4n) is 1.69. The smallest absolute Gasteiger partial charge is 0.317 e. The highest BCUT2D eigenvalue weighted by atomic mass is 16.2. The second-order valence-electron chi connectivity index (χ2n) is 5.31. The molecule has 1 fully saturated rings. The van der Waals surface area contributed by atoms with Crippen LogP contribution in [-0.2, 0) is 0 Å². The van der Waals surface area contributed by atoms with Crippen LogP contribution in [0.1, 0.15) is 27.7 Å². The Morgan fingerprint density at radius 3 is 2.60 bits per heavy atom. The van der Waals surface area contributed by atoms with Gasteiger partial charge in [0.25, 0.3) is 0 Å². The Balaban J connectivity index is 2.55. The molecule has 0 aromatic heterocycles. The van der Waals surface area contributed by atoms with Crippen molar-refractivity contribution >= 4 is 6.03 Å². The molecule has 4 nitrogen and oxygen atoms in total. The van der Waals surface area contributed by atoms with Crippen LogP contribution >= 0.6 is 0 Å². The van der Waals surface area contributed by atoms with E-state index in [-0.39, 0.29) is 11.6 Å². The zero-order valence-corrected chi connectivity index (χ0v) is 10.4. The van der Waals surface area contributed by atoms with Crippen molar-refractivity contribution in [2.24, 2.45) is 5.92 Å². The van der Waals surface area contributed by atoms with Crippen molar-refractivity contribution in [3.63, 3.8) is 0 Å². The van der Waals surface area contributed by atoms with Gasteiger partial charge in [0.05, 0.1) is 6.04 Å². The summed E-state index contributed by atoms with van der Waals surface area (Å²) >= 11 is 0. The molecule has 0 spiro atoms. The minimum absolute atomic E-state index is 0.0246. The standard InChI is InChI=1S/C11H23N3O/c1-8(2)9-6-14(10(15)13-9)7-11(3,4)12-5/h8-9,12H,6-7H2,1-5H3,(H,13,15). The Kier molecular flexibility index (Phi) is 3.60. The van der Waals surface area contributed by atoms with Crippen molar-refractivity contribution in [2.75, 3.05) is 20.1 Å². The highest BCUT2D eigenvalue weighted by Crippen LogP contribution is 2.14. The number of carbonyl (C=O) groups is 1. The van der Waals surface area contributed by atoms with E-state index >= 15 is 0 Å². The Labute approximate surface area is 92.4 Å². The molecule has 88 valence electrons. The number of hydrogen-bond acceptors (Lipinski definition) is 2. The lowest BCUT2D eigenvalue weighted by Crippen LogP contribution is -2.48. The van der Waals surface area contributed by atoms with Crippen LogP contribution in [0.15, 0.2) is 0 Å². The first kappa shape index (κ1) is 12.3. The maximum absolute atomic E-state index is 11.7. The van der Waals surface area contributed by atoms with Crippen LogP contribution in [0.25, 0.3) is 0 Å². The van der Waals surface area contributed by atoms with Gasteiger partial charge in [-0.1, -0.05) is 13.8 Å². The molecular weight excluding hydrogens is 190 g/mol. The summed E-state index contributed by atoms with van der Waals surface area (Å²) in [5, 5.41) is 6.22. The predicted octanol–water partition coefficient (Wildman–Crippen LogP) is 1.03. The zero-order valence-electron chi connectivity index (χ0n) is 10.4. The van der Waals surface area contributed by atoms with Crippen LogP contribution in [0.5, 0.6) is 0 Å². The number of urea groups is 1. The molecule has 0 bridgehead atoms. The van der Waals surface area contributed by atoms with Gasteiger partial charge in [0, 0.05) is 18.6 Å². The van der Waals surface area contributed by atoms with E-state index in [0.29, 0.717) is 12.0 Å². The van der Waals surface area contributed by atoms with E-state index in [1.54, 1.807) is 0 Å². The van der Waals surface area contributed by atoms with E-state index in [1.165, 1.54) is 0 Å². The molecule has 0 aromatic carbocycles. The monoisotopic (exact) mass is 213 g/mol. The molecule has 1 saturated heterocycles. The first-order valence-corrected chi connectivity index (χ1v) is 5.60. The summed E-state index contributed by atoms with van der Waals surface area (Å²) in [6, 6.07) is 0.363. The number of amides is 2. The van der Waals surface area contributed by atoms with Crippen molar-refractivity contribution in [1.29, 1.82) is 0 Å². The maximum Gasteiger partial charge on any atom is 0.317 e. The zero-order chi connectivity index (χ0) is 11.6. The van der Waals surface area contributed by atoms with Crippen molar-refractivity contribution in [1.82, 2.24) is 15.5 Å². The molecule has 2 N–H and O–H groups in total. The second kappa shape index (κ2) is 4.39. The molecule has 2 amide bonds. The lowest BCUT2D eigenvalue weighted by Gasteiger charge is -2.29. The summed E-state index contributed by atoms with van der Waals surface area (Å²) in [4.78, 5) is 13.6. The normalized spacial score (nSPS) is 22.4. The fraction of sp³-hybridized carbons (Fsp3) is 0.909. The molecule has 1 aliphatic heterocycles. The molecule has 0 saturated carbocycles. The van der Waals surface area contributed by atoms with E-state index in [1.807, 2.05) is 11.9 Å². The largest absolute Gasteiger partial charge is 0.333 e. The molecule has 1 unspecified atom stereocenters. The summed E-state index contributed by atoms with van der Waals surface area (Å²) in [5.41, 5.74) is -0.0246. The highest BCUT2D eigenvalue weighted by Gasteiger charge is 2.33. The third-order valence-electron chi connectivity index (χ3n) is 3.08. The summed E-state index contributed by atoms with van der Waals surface area (Å²) in [7, 11) is 1.92. The van der Waals surface area contributed by atoms with Gasteiger partial charge < -0.3 is 15.5 Å². The topological polar surface area (TPSA) is 44.4 Å².